The molecule has 17 nitrogen and oxygen atoms in total. The van der Waals surface area contributed by atoms with E-state index in [1.807, 2.05) is 58.1 Å². The smallest absolute Gasteiger partial charge is 0.329 e. The SMILES string of the molecule is CO[C@H]1C[C@@H]2CC[C@@H](C)[C@@](O)(O2)C(=O)C(=O)N2CCCC[C@H]2C(=O)OC([C@H](C)C[C@@H]2CCC(O)[C@H](OC)C2)CC(=O)[C@H](C)/C=C(\C)[C@@H](O)[C@@H](OC)C(=O)[C@H](C)C[C@H](C)/C=C/C=C/C=C/1C.O=[PH](O)O.[W]. The third-order valence-corrected chi connectivity index (χ3v) is 14.5. The maximum atomic E-state index is 14.4. The van der Waals surface area contributed by atoms with Gasteiger partial charge in [-0.05, 0) is 107 Å². The molecule has 15 atom stereocenters. The van der Waals surface area contributed by atoms with E-state index in [0.717, 1.165) is 12.0 Å². The van der Waals surface area contributed by atoms with E-state index in [0.29, 0.717) is 63.4 Å². The van der Waals surface area contributed by atoms with Crippen LogP contribution in [-0.2, 0) is 73.3 Å². The second kappa shape index (κ2) is 30.6. The van der Waals surface area contributed by atoms with E-state index in [-0.39, 0.29) is 75.9 Å². The van der Waals surface area contributed by atoms with Crippen molar-refractivity contribution in [1.82, 2.24) is 4.90 Å². The van der Waals surface area contributed by atoms with Crippen molar-refractivity contribution in [2.45, 2.75) is 180 Å². The number of rotatable bonds is 6. The number of cyclic esters (lactones) is 1. The van der Waals surface area contributed by atoms with Gasteiger partial charge < -0.3 is 53.7 Å². The first-order valence-electron chi connectivity index (χ1n) is 24.6. The van der Waals surface area contributed by atoms with Crippen molar-refractivity contribution in [2.75, 3.05) is 27.9 Å². The number of fused-ring (bicyclic) bond motifs is 3. The van der Waals surface area contributed by atoms with E-state index in [2.05, 4.69) is 0 Å². The average molecular weight is 1180 g/mol. The molecule has 0 radical (unpaired) electrons. The van der Waals surface area contributed by atoms with Crippen LogP contribution in [0.1, 0.15) is 126 Å². The van der Waals surface area contributed by atoms with Crippen molar-refractivity contribution in [2.24, 2.45) is 35.5 Å². The zero-order valence-corrected chi connectivity index (χ0v) is 46.8. The van der Waals surface area contributed by atoms with Gasteiger partial charge in [0.2, 0.25) is 5.79 Å². The number of allylic oxidation sites excluding steroid dienone is 6. The molecule has 1 aliphatic carbocycles. The van der Waals surface area contributed by atoms with Crippen LogP contribution < -0.4 is 0 Å². The first-order chi connectivity index (χ1) is 32.5. The topological polar surface area (TPSA) is 253 Å². The van der Waals surface area contributed by atoms with Gasteiger partial charge in [0.25, 0.3) is 11.7 Å². The number of methoxy groups -OCH3 is 3. The van der Waals surface area contributed by atoms with Crippen molar-refractivity contribution >= 4 is 37.5 Å². The van der Waals surface area contributed by atoms with Gasteiger partial charge >= 0.3 is 14.2 Å². The molecule has 4 rings (SSSR count). The Bertz CT molecular complexity index is 1870. The first-order valence-corrected chi connectivity index (χ1v) is 25.9. The molecule has 0 aromatic heterocycles. The third kappa shape index (κ3) is 18.4. The second-order valence-electron chi connectivity index (χ2n) is 19.9. The number of carbonyl (C=O) groups is 5. The van der Waals surface area contributed by atoms with Crippen LogP contribution in [0, 0.1) is 35.5 Å². The van der Waals surface area contributed by atoms with Crippen molar-refractivity contribution in [3.63, 3.8) is 0 Å². The molecular weight excluding hydrogens is 1100 g/mol. The monoisotopic (exact) mass is 1180 g/mol. The number of aliphatic hydroxyl groups is 3. The summed E-state index contributed by atoms with van der Waals surface area (Å²) in [6.07, 6.45) is 11.2. The Morgan fingerprint density at radius 3 is 2.16 bits per heavy atom. The normalized spacial score (nSPS) is 38.0. The summed E-state index contributed by atoms with van der Waals surface area (Å²) < 4.78 is 38.1. The molecule has 19 heteroatoms. The Labute approximate surface area is 430 Å². The minimum absolute atomic E-state index is 0. The average Bonchev–Trinajstić information content (AvgIpc) is 3.30. The van der Waals surface area contributed by atoms with Crippen molar-refractivity contribution in [3.05, 3.63) is 47.6 Å². The second-order valence-corrected chi connectivity index (χ2v) is 20.4. The van der Waals surface area contributed by atoms with Crippen molar-refractivity contribution in [1.29, 1.82) is 0 Å². The zero-order valence-electron chi connectivity index (χ0n) is 42.8. The van der Waals surface area contributed by atoms with Crippen LogP contribution in [0.25, 0.3) is 0 Å². The number of ketones is 3. The fourth-order valence-corrected chi connectivity index (χ4v) is 10.1. The summed E-state index contributed by atoms with van der Waals surface area (Å²) in [4.78, 5) is 86.1. The zero-order chi connectivity index (χ0) is 51.7. The molecule has 70 heavy (non-hydrogen) atoms. The fourth-order valence-electron chi connectivity index (χ4n) is 10.1. The van der Waals surface area contributed by atoms with Gasteiger partial charge in [0, 0.05) is 79.5 Å². The molecular formula is C51H82NO16PW. The van der Waals surface area contributed by atoms with Gasteiger partial charge in [0.1, 0.15) is 30.1 Å². The molecule has 0 aromatic rings. The van der Waals surface area contributed by atoms with E-state index in [9.17, 15) is 39.3 Å². The van der Waals surface area contributed by atoms with E-state index in [4.69, 9.17) is 38.0 Å². The number of esters is 1. The summed E-state index contributed by atoms with van der Waals surface area (Å²) in [5.74, 6) is -7.96. The Balaban J connectivity index is 0.00000323. The molecule has 0 spiro atoms. The van der Waals surface area contributed by atoms with Gasteiger partial charge in [-0.15, -0.1) is 0 Å². The summed E-state index contributed by atoms with van der Waals surface area (Å²) in [5.41, 5.74) is 1.27. The van der Waals surface area contributed by atoms with Gasteiger partial charge in [-0.3, -0.25) is 23.7 Å². The van der Waals surface area contributed by atoms with Gasteiger partial charge in [0.15, 0.2) is 5.78 Å². The third-order valence-electron chi connectivity index (χ3n) is 14.5. The predicted molar refractivity (Wildman–Crippen MR) is 259 cm³/mol. The summed E-state index contributed by atoms with van der Waals surface area (Å²) in [5, 5.41) is 33.8. The number of piperidine rings is 1. The number of aliphatic hydroxyl groups excluding tert-OH is 2. The van der Waals surface area contributed by atoms with Gasteiger partial charge in [-0.25, -0.2) is 4.79 Å². The molecule has 2 bridgehead atoms. The molecule has 1 saturated carbocycles. The Kier molecular flexibility index (Phi) is 27.8. The molecule has 3 heterocycles. The molecule has 3 aliphatic heterocycles. The molecule has 3 fully saturated rings. The quantitative estimate of drug-likeness (QED) is 0.0948. The van der Waals surface area contributed by atoms with Crippen LogP contribution in [0.2, 0.25) is 0 Å². The van der Waals surface area contributed by atoms with Crippen LogP contribution in [0.3, 0.4) is 0 Å². The van der Waals surface area contributed by atoms with Crippen LogP contribution >= 0.6 is 8.25 Å². The van der Waals surface area contributed by atoms with Crippen LogP contribution in [0.4, 0.5) is 0 Å². The number of ether oxygens (including phenoxy) is 5. The molecule has 2 saturated heterocycles. The Morgan fingerprint density at radius 1 is 0.857 bits per heavy atom. The minimum Gasteiger partial charge on any atom is -0.460 e. The summed E-state index contributed by atoms with van der Waals surface area (Å²) in [6.45, 7) is 12.7. The minimum atomic E-state index is -3.13. The first kappa shape index (κ1) is 63.6. The summed E-state index contributed by atoms with van der Waals surface area (Å²) >= 11 is 0. The number of carbonyl (C=O) groups excluding carboxylic acids is 5. The van der Waals surface area contributed by atoms with Crippen molar-refractivity contribution < 1.29 is 98.4 Å². The Hall–Kier alpha value is -2.53. The number of hydrogen-bond acceptors (Lipinski definition) is 14. The van der Waals surface area contributed by atoms with E-state index >= 15 is 0 Å². The van der Waals surface area contributed by atoms with Crippen molar-refractivity contribution in [3.8, 4) is 0 Å². The molecule has 398 valence electrons. The molecule has 0 aromatic carbocycles. The van der Waals surface area contributed by atoms with Gasteiger partial charge in [-0.2, -0.15) is 0 Å². The molecule has 1 amide bonds. The number of amides is 1. The molecule has 2 unspecified atom stereocenters. The maximum absolute atomic E-state index is 14.4. The van der Waals surface area contributed by atoms with Gasteiger partial charge in [-0.1, -0.05) is 71.1 Å². The predicted octanol–water partition coefficient (Wildman–Crippen LogP) is 5.54. The molecule has 5 N–H and O–H groups in total. The number of nitrogens with zero attached hydrogens (tertiary/aromatic N) is 1. The van der Waals surface area contributed by atoms with E-state index in [1.165, 1.54) is 12.0 Å². The maximum Gasteiger partial charge on any atom is 0.329 e. The van der Waals surface area contributed by atoms with Crippen LogP contribution in [0.5, 0.6) is 0 Å². The van der Waals surface area contributed by atoms with E-state index in [1.54, 1.807) is 41.1 Å². The van der Waals surface area contributed by atoms with Crippen LogP contribution in [-0.4, -0.2) is 142 Å². The van der Waals surface area contributed by atoms with Gasteiger partial charge in [0.05, 0.1) is 24.4 Å². The largest absolute Gasteiger partial charge is 0.460 e. The summed E-state index contributed by atoms with van der Waals surface area (Å²) in [7, 11) is 1.39. The van der Waals surface area contributed by atoms with Crippen LogP contribution in [0.15, 0.2) is 47.6 Å². The van der Waals surface area contributed by atoms with E-state index < -0.39 is 92.1 Å². The number of hydrogen-bond donors (Lipinski definition) is 5. The number of Topliss-reactive ketones (excluding diaryl/α,β-unsaturated/α-hetero) is 3. The Morgan fingerprint density at radius 2 is 1.53 bits per heavy atom. The standard InChI is InChI=1S/C51H79NO13.H3O3P.W/c1-30-16-12-11-13-17-31(2)42(61-8)28-38-21-19-36(7)51(60,65-38)48(57)49(58)52-23-15-14-18-39(52)50(59)64-43(33(4)26-37-20-22-40(53)44(27-37)62-9)29-41(54)32(3)25-35(6)46(56)47(63-10)45(55)34(5)24-30;1-4(2)3;/h11-13,16-17,25,30,32-34,36-40,42-44,46-47,53,56,60H,14-15,18-24,26-29H2,1-10H3;4H,(H2,1,2,3);/b13-11+,16-12+,31-17+,35-25+;;/t30-,32-,33-,34-,36-,37+,38+,39+,40?,42+,43?,44-,46-,47+,51-;;/m1../s1. The summed E-state index contributed by atoms with van der Waals surface area (Å²) in [6, 6.07) is -1.14. The molecule has 4 aliphatic rings. The fraction of sp³-hybridized carbons (Fsp3) is 0.745.